The first-order valence-corrected chi connectivity index (χ1v) is 7.92. The molecule has 0 aliphatic carbocycles. The van der Waals surface area contributed by atoms with Crippen molar-refractivity contribution in [2.24, 2.45) is 11.1 Å². The number of hydrogen-bond acceptors (Lipinski definition) is 4. The van der Waals surface area contributed by atoms with Crippen LogP contribution in [0.25, 0.3) is 0 Å². The molecule has 0 spiro atoms. The number of ether oxygens (including phenoxy) is 1. The Morgan fingerprint density at radius 2 is 2.00 bits per heavy atom. The molecule has 6 heteroatoms. The number of halogens is 1. The number of carbonyl (C=O) groups excluding carboxylic acids is 1. The summed E-state index contributed by atoms with van der Waals surface area (Å²) in [6.07, 6.45) is 0.854. The van der Waals surface area contributed by atoms with Crippen LogP contribution in [-0.2, 0) is 6.42 Å². The summed E-state index contributed by atoms with van der Waals surface area (Å²) >= 11 is 1.35. The van der Waals surface area contributed by atoms with Gasteiger partial charge in [-0.05, 0) is 42.2 Å². The average molecular weight is 334 g/mol. The van der Waals surface area contributed by atoms with Crippen LogP contribution in [0.4, 0.5) is 4.39 Å². The van der Waals surface area contributed by atoms with E-state index in [9.17, 15) is 9.18 Å². The molecule has 0 aliphatic rings. The SMILES string of the molecule is CC(C)(C)Cc1ccc(C(=O)Oc2ccc(C(=N)N)cc2F)s1. The van der Waals surface area contributed by atoms with Crippen molar-refractivity contribution in [3.05, 3.63) is 51.5 Å². The molecule has 0 saturated heterocycles. The monoisotopic (exact) mass is 334 g/mol. The Kier molecular flexibility index (Phi) is 4.85. The van der Waals surface area contributed by atoms with E-state index in [1.54, 1.807) is 6.07 Å². The summed E-state index contributed by atoms with van der Waals surface area (Å²) in [6.45, 7) is 6.37. The quantitative estimate of drug-likeness (QED) is 0.384. The fourth-order valence-corrected chi connectivity index (χ4v) is 3.19. The number of thiophene rings is 1. The van der Waals surface area contributed by atoms with Crippen LogP contribution >= 0.6 is 11.3 Å². The molecule has 0 bridgehead atoms. The third-order valence-electron chi connectivity index (χ3n) is 3.01. The second-order valence-electron chi connectivity index (χ2n) is 6.45. The van der Waals surface area contributed by atoms with Gasteiger partial charge in [0.2, 0.25) is 0 Å². The van der Waals surface area contributed by atoms with Gasteiger partial charge < -0.3 is 10.5 Å². The lowest BCUT2D eigenvalue weighted by Crippen LogP contribution is -2.12. The van der Waals surface area contributed by atoms with Gasteiger partial charge in [-0.25, -0.2) is 9.18 Å². The van der Waals surface area contributed by atoms with E-state index in [4.69, 9.17) is 15.9 Å². The minimum Gasteiger partial charge on any atom is -0.419 e. The Balaban J connectivity index is 2.12. The van der Waals surface area contributed by atoms with Crippen LogP contribution in [0, 0.1) is 16.6 Å². The number of nitrogens with two attached hydrogens (primary N) is 1. The van der Waals surface area contributed by atoms with E-state index >= 15 is 0 Å². The molecule has 23 heavy (non-hydrogen) atoms. The van der Waals surface area contributed by atoms with Crippen molar-refractivity contribution < 1.29 is 13.9 Å². The summed E-state index contributed by atoms with van der Waals surface area (Å²) in [4.78, 5) is 13.6. The van der Waals surface area contributed by atoms with Crippen LogP contribution in [-0.4, -0.2) is 11.8 Å². The number of nitrogen functional groups attached to an aromatic ring is 1. The van der Waals surface area contributed by atoms with E-state index in [0.29, 0.717) is 4.88 Å². The molecule has 0 fully saturated rings. The second-order valence-corrected chi connectivity index (χ2v) is 7.62. The molecule has 2 rings (SSSR count). The highest BCUT2D eigenvalue weighted by atomic mass is 32.1. The molecule has 0 radical (unpaired) electrons. The number of benzene rings is 1. The summed E-state index contributed by atoms with van der Waals surface area (Å²) < 4.78 is 19.0. The van der Waals surface area contributed by atoms with Crippen molar-refractivity contribution in [2.45, 2.75) is 27.2 Å². The van der Waals surface area contributed by atoms with E-state index in [2.05, 4.69) is 20.8 Å². The molecule has 0 unspecified atom stereocenters. The lowest BCUT2D eigenvalue weighted by atomic mass is 9.92. The first kappa shape index (κ1) is 17.1. The summed E-state index contributed by atoms with van der Waals surface area (Å²) in [7, 11) is 0. The first-order valence-electron chi connectivity index (χ1n) is 7.10. The highest BCUT2D eigenvalue weighted by Gasteiger charge is 2.18. The Labute approximate surface area is 138 Å². The number of carbonyl (C=O) groups is 1. The highest BCUT2D eigenvalue weighted by Crippen LogP contribution is 2.27. The Hall–Kier alpha value is -2.21. The van der Waals surface area contributed by atoms with E-state index in [-0.39, 0.29) is 22.6 Å². The van der Waals surface area contributed by atoms with E-state index in [1.807, 2.05) is 6.07 Å². The molecule has 0 aliphatic heterocycles. The third kappa shape index (κ3) is 4.63. The van der Waals surface area contributed by atoms with Crippen molar-refractivity contribution >= 4 is 23.1 Å². The molecule has 3 N–H and O–H groups in total. The fourth-order valence-electron chi connectivity index (χ4n) is 2.01. The molecule has 122 valence electrons. The van der Waals surface area contributed by atoms with Gasteiger partial charge in [0.25, 0.3) is 0 Å². The van der Waals surface area contributed by atoms with Gasteiger partial charge in [0, 0.05) is 10.4 Å². The normalized spacial score (nSPS) is 11.3. The minimum atomic E-state index is -0.725. The lowest BCUT2D eigenvalue weighted by Gasteiger charge is -2.16. The summed E-state index contributed by atoms with van der Waals surface area (Å²) in [5.74, 6) is -1.74. The van der Waals surface area contributed by atoms with Crippen LogP contribution < -0.4 is 10.5 Å². The summed E-state index contributed by atoms with van der Waals surface area (Å²) in [5.41, 5.74) is 5.66. The Bertz CT molecular complexity index is 747. The van der Waals surface area contributed by atoms with Gasteiger partial charge in [0.05, 0.1) is 0 Å². The fraction of sp³-hybridized carbons (Fsp3) is 0.294. The molecule has 0 amide bonds. The number of amidine groups is 1. The van der Waals surface area contributed by atoms with Crippen LogP contribution in [0.3, 0.4) is 0 Å². The predicted octanol–water partition coefficient (Wildman–Crippen LogP) is 3.98. The maximum absolute atomic E-state index is 13.9. The third-order valence-corrected chi connectivity index (χ3v) is 4.08. The van der Waals surface area contributed by atoms with Crippen LogP contribution in [0.15, 0.2) is 30.3 Å². The maximum atomic E-state index is 13.9. The maximum Gasteiger partial charge on any atom is 0.353 e. The van der Waals surface area contributed by atoms with Gasteiger partial charge in [-0.15, -0.1) is 11.3 Å². The van der Waals surface area contributed by atoms with E-state index in [0.717, 1.165) is 17.4 Å². The van der Waals surface area contributed by atoms with Crippen LogP contribution in [0.1, 0.15) is 40.9 Å². The van der Waals surface area contributed by atoms with Crippen molar-refractivity contribution in [1.82, 2.24) is 0 Å². The van der Waals surface area contributed by atoms with Crippen LogP contribution in [0.5, 0.6) is 5.75 Å². The van der Waals surface area contributed by atoms with Crippen LogP contribution in [0.2, 0.25) is 0 Å². The first-order chi connectivity index (χ1) is 10.7. The van der Waals surface area contributed by atoms with E-state index in [1.165, 1.54) is 23.5 Å². The van der Waals surface area contributed by atoms with Crippen molar-refractivity contribution in [1.29, 1.82) is 5.41 Å². The molecular weight excluding hydrogens is 315 g/mol. The van der Waals surface area contributed by atoms with Crippen molar-refractivity contribution in [3.63, 3.8) is 0 Å². The zero-order chi connectivity index (χ0) is 17.2. The number of nitrogens with one attached hydrogen (secondary N) is 1. The number of rotatable bonds is 4. The predicted molar refractivity (Wildman–Crippen MR) is 89.9 cm³/mol. The minimum absolute atomic E-state index is 0.126. The Morgan fingerprint density at radius 1 is 1.30 bits per heavy atom. The summed E-state index contributed by atoms with van der Waals surface area (Å²) in [6, 6.07) is 7.39. The lowest BCUT2D eigenvalue weighted by molar-refractivity contribution is 0.0733. The van der Waals surface area contributed by atoms with Crippen molar-refractivity contribution in [2.75, 3.05) is 0 Å². The molecule has 1 aromatic carbocycles. The zero-order valence-corrected chi connectivity index (χ0v) is 14.1. The molecule has 0 saturated carbocycles. The summed E-state index contributed by atoms with van der Waals surface area (Å²) in [5, 5.41) is 7.26. The van der Waals surface area contributed by atoms with Gasteiger partial charge in [0.15, 0.2) is 11.6 Å². The second kappa shape index (κ2) is 6.50. The molecule has 2 aromatic rings. The molecule has 1 aromatic heterocycles. The standard InChI is InChI=1S/C17H19FN2O2S/c1-17(2,3)9-11-5-7-14(23-11)16(21)22-13-6-4-10(15(19)20)8-12(13)18/h4-8H,9H2,1-3H3,(H3,19,20). The highest BCUT2D eigenvalue weighted by molar-refractivity contribution is 7.13. The molecular formula is C17H19FN2O2S. The van der Waals surface area contributed by atoms with Gasteiger partial charge in [-0.1, -0.05) is 20.8 Å². The Morgan fingerprint density at radius 3 is 2.57 bits per heavy atom. The van der Waals surface area contributed by atoms with Gasteiger partial charge in [0.1, 0.15) is 10.7 Å². The average Bonchev–Trinajstić information content (AvgIpc) is 2.87. The number of esters is 1. The molecule has 0 atom stereocenters. The largest absolute Gasteiger partial charge is 0.419 e. The van der Waals surface area contributed by atoms with Gasteiger partial charge >= 0.3 is 5.97 Å². The smallest absolute Gasteiger partial charge is 0.353 e. The number of hydrogen-bond donors (Lipinski definition) is 2. The van der Waals surface area contributed by atoms with Gasteiger partial charge in [-0.3, -0.25) is 5.41 Å². The molecule has 4 nitrogen and oxygen atoms in total. The van der Waals surface area contributed by atoms with E-state index < -0.39 is 11.8 Å². The zero-order valence-electron chi connectivity index (χ0n) is 13.3. The van der Waals surface area contributed by atoms with Crippen molar-refractivity contribution in [3.8, 4) is 5.75 Å². The van der Waals surface area contributed by atoms with Gasteiger partial charge in [-0.2, -0.15) is 0 Å². The molecule has 1 heterocycles. The topological polar surface area (TPSA) is 76.2 Å².